The zero-order chi connectivity index (χ0) is 15.5. The summed E-state index contributed by atoms with van der Waals surface area (Å²) in [6, 6.07) is 2.57. The molecule has 2 saturated heterocycles. The van der Waals surface area contributed by atoms with E-state index in [1.165, 1.54) is 25.9 Å². The van der Waals surface area contributed by atoms with Crippen LogP contribution in [0.5, 0.6) is 0 Å². The highest BCUT2D eigenvalue weighted by molar-refractivity contribution is 9.11. The van der Waals surface area contributed by atoms with Crippen LogP contribution >= 0.6 is 39.0 Å². The topological polar surface area (TPSA) is 23.6 Å². The molecule has 1 amide bonds. The molecular formula is C16H21BrN2OS2. The summed E-state index contributed by atoms with van der Waals surface area (Å²) in [6.07, 6.45) is 8.41. The number of hydrogen-bond acceptors (Lipinski definition) is 4. The van der Waals surface area contributed by atoms with Gasteiger partial charge in [-0.05, 0) is 71.2 Å². The maximum atomic E-state index is 12.5. The van der Waals surface area contributed by atoms with Gasteiger partial charge in [0.1, 0.15) is 0 Å². The van der Waals surface area contributed by atoms with E-state index in [9.17, 15) is 4.79 Å². The van der Waals surface area contributed by atoms with Crippen molar-refractivity contribution in [3.8, 4) is 0 Å². The van der Waals surface area contributed by atoms with Crippen LogP contribution in [0.4, 0.5) is 0 Å². The van der Waals surface area contributed by atoms with E-state index in [2.05, 4.69) is 32.5 Å². The Labute approximate surface area is 148 Å². The Kier molecular flexibility index (Phi) is 5.65. The Hall–Kier alpha value is -0.300. The summed E-state index contributed by atoms with van der Waals surface area (Å²) < 4.78 is 1.09. The Bertz CT molecular complexity index is 554. The highest BCUT2D eigenvalue weighted by atomic mass is 79.9. The van der Waals surface area contributed by atoms with Crippen molar-refractivity contribution in [3.63, 3.8) is 0 Å². The summed E-state index contributed by atoms with van der Waals surface area (Å²) in [5.74, 6) is 0.142. The monoisotopic (exact) mass is 400 g/mol. The molecule has 1 aromatic rings. The number of nitrogens with zero attached hydrogens (tertiary/aromatic N) is 2. The molecule has 0 spiro atoms. The summed E-state index contributed by atoms with van der Waals surface area (Å²) in [4.78, 5) is 17.0. The predicted molar refractivity (Wildman–Crippen MR) is 99.5 cm³/mol. The molecule has 3 nitrogen and oxygen atoms in total. The first kappa shape index (κ1) is 16.6. The normalized spacial score (nSPS) is 26.4. The predicted octanol–water partition coefficient (Wildman–Crippen LogP) is 3.56. The summed E-state index contributed by atoms with van der Waals surface area (Å²) in [7, 11) is 0. The van der Waals surface area contributed by atoms with E-state index in [0.29, 0.717) is 11.3 Å². The van der Waals surface area contributed by atoms with Crippen molar-refractivity contribution in [1.82, 2.24) is 9.80 Å². The van der Waals surface area contributed by atoms with Gasteiger partial charge < -0.3 is 4.90 Å². The standard InChI is InChI=1S/C16H21BrN2OS2/c1-21-14-10-19(9-13(14)18-6-2-3-7-18)16(20)5-4-12-8-15(17)22-11-12/h4-5,8,11,13-14H,2-3,6-7,9-10H2,1H3/b5-4+. The van der Waals surface area contributed by atoms with E-state index in [4.69, 9.17) is 0 Å². The Morgan fingerprint density at radius 2 is 2.18 bits per heavy atom. The van der Waals surface area contributed by atoms with Gasteiger partial charge in [-0.3, -0.25) is 9.69 Å². The van der Waals surface area contributed by atoms with Gasteiger partial charge in [-0.2, -0.15) is 11.8 Å². The largest absolute Gasteiger partial charge is 0.336 e. The molecule has 0 radical (unpaired) electrons. The lowest BCUT2D eigenvalue weighted by Crippen LogP contribution is -2.40. The van der Waals surface area contributed by atoms with Crippen LogP contribution in [-0.4, -0.2) is 59.4 Å². The number of halogens is 1. The molecular weight excluding hydrogens is 380 g/mol. The molecule has 0 aliphatic carbocycles. The zero-order valence-corrected chi connectivity index (χ0v) is 15.9. The molecule has 3 rings (SSSR count). The summed E-state index contributed by atoms with van der Waals surface area (Å²) in [6.45, 7) is 4.14. The van der Waals surface area contributed by atoms with Crippen molar-refractivity contribution in [1.29, 1.82) is 0 Å². The third kappa shape index (κ3) is 3.78. The van der Waals surface area contributed by atoms with E-state index in [1.807, 2.05) is 28.8 Å². The fourth-order valence-electron chi connectivity index (χ4n) is 3.28. The van der Waals surface area contributed by atoms with Crippen molar-refractivity contribution in [2.75, 3.05) is 32.4 Å². The third-order valence-electron chi connectivity index (χ3n) is 4.47. The lowest BCUT2D eigenvalue weighted by molar-refractivity contribution is -0.125. The smallest absolute Gasteiger partial charge is 0.246 e. The van der Waals surface area contributed by atoms with Gasteiger partial charge in [-0.25, -0.2) is 0 Å². The fraction of sp³-hybridized carbons (Fsp3) is 0.562. The second-order valence-electron chi connectivity index (χ2n) is 5.85. The first-order valence-electron chi connectivity index (χ1n) is 7.65. The number of thiophene rings is 1. The molecule has 6 heteroatoms. The molecule has 1 aromatic heterocycles. The summed E-state index contributed by atoms with van der Waals surface area (Å²) >= 11 is 6.99. The van der Waals surface area contributed by atoms with E-state index < -0.39 is 0 Å². The van der Waals surface area contributed by atoms with Crippen LogP contribution in [-0.2, 0) is 4.79 Å². The number of hydrogen-bond donors (Lipinski definition) is 0. The molecule has 2 aliphatic heterocycles. The highest BCUT2D eigenvalue weighted by Gasteiger charge is 2.38. The van der Waals surface area contributed by atoms with Gasteiger partial charge in [0.15, 0.2) is 0 Å². The molecule has 2 aliphatic rings. The van der Waals surface area contributed by atoms with Crippen molar-refractivity contribution in [2.45, 2.75) is 24.1 Å². The summed E-state index contributed by atoms with van der Waals surface area (Å²) in [5, 5.41) is 2.60. The number of carbonyl (C=O) groups is 1. The van der Waals surface area contributed by atoms with Gasteiger partial charge in [0.2, 0.25) is 5.91 Å². The van der Waals surface area contributed by atoms with Gasteiger partial charge in [0, 0.05) is 30.5 Å². The first-order chi connectivity index (χ1) is 10.7. The van der Waals surface area contributed by atoms with E-state index >= 15 is 0 Å². The molecule has 120 valence electrons. The lowest BCUT2D eigenvalue weighted by Gasteiger charge is -2.26. The molecule has 2 fully saturated rings. The number of rotatable bonds is 4. The molecule has 2 unspecified atom stereocenters. The van der Waals surface area contributed by atoms with Crippen LogP contribution in [0.25, 0.3) is 6.08 Å². The Morgan fingerprint density at radius 1 is 1.41 bits per heavy atom. The van der Waals surface area contributed by atoms with Crippen molar-refractivity contribution < 1.29 is 4.79 Å². The van der Waals surface area contributed by atoms with E-state index in [1.54, 1.807) is 17.4 Å². The van der Waals surface area contributed by atoms with Gasteiger partial charge >= 0.3 is 0 Å². The van der Waals surface area contributed by atoms with Crippen molar-refractivity contribution in [3.05, 3.63) is 26.9 Å². The maximum absolute atomic E-state index is 12.5. The quantitative estimate of drug-likeness (QED) is 0.721. The first-order valence-corrected chi connectivity index (χ1v) is 10.6. The van der Waals surface area contributed by atoms with Crippen LogP contribution in [0.2, 0.25) is 0 Å². The minimum Gasteiger partial charge on any atom is -0.336 e. The average Bonchev–Trinajstić information content (AvgIpc) is 3.24. The number of likely N-dealkylation sites (tertiary alicyclic amines) is 2. The molecule has 0 bridgehead atoms. The van der Waals surface area contributed by atoms with Gasteiger partial charge in [-0.1, -0.05) is 0 Å². The van der Waals surface area contributed by atoms with Crippen LogP contribution in [0.1, 0.15) is 18.4 Å². The third-order valence-corrected chi connectivity index (χ3v) is 7.06. The van der Waals surface area contributed by atoms with Gasteiger partial charge in [0.05, 0.1) is 3.79 Å². The van der Waals surface area contributed by atoms with Crippen LogP contribution < -0.4 is 0 Å². The van der Waals surface area contributed by atoms with E-state index in [0.717, 1.165) is 22.4 Å². The van der Waals surface area contributed by atoms with Crippen LogP contribution in [0, 0.1) is 0 Å². The highest BCUT2D eigenvalue weighted by Crippen LogP contribution is 2.28. The molecule has 0 saturated carbocycles. The molecule has 3 heterocycles. The average molecular weight is 401 g/mol. The minimum atomic E-state index is 0.142. The molecule has 2 atom stereocenters. The number of amides is 1. The number of carbonyl (C=O) groups excluding carboxylic acids is 1. The van der Waals surface area contributed by atoms with Crippen LogP contribution in [0.3, 0.4) is 0 Å². The van der Waals surface area contributed by atoms with E-state index in [-0.39, 0.29) is 5.91 Å². The fourth-order valence-corrected chi connectivity index (χ4v) is 5.32. The Morgan fingerprint density at radius 3 is 2.82 bits per heavy atom. The minimum absolute atomic E-state index is 0.142. The maximum Gasteiger partial charge on any atom is 0.246 e. The zero-order valence-electron chi connectivity index (χ0n) is 12.7. The second kappa shape index (κ2) is 7.51. The summed E-state index contributed by atoms with van der Waals surface area (Å²) in [5.41, 5.74) is 1.09. The van der Waals surface area contributed by atoms with Crippen LogP contribution in [0.15, 0.2) is 21.3 Å². The van der Waals surface area contributed by atoms with Gasteiger partial charge in [0.25, 0.3) is 0 Å². The molecule has 22 heavy (non-hydrogen) atoms. The molecule has 0 aromatic carbocycles. The SMILES string of the molecule is CSC1CN(C(=O)/C=C/c2csc(Br)c2)CC1N1CCCC1. The van der Waals surface area contributed by atoms with Gasteiger partial charge in [-0.15, -0.1) is 11.3 Å². The molecule has 0 N–H and O–H groups in total. The number of thioether (sulfide) groups is 1. The Balaban J connectivity index is 1.62. The lowest BCUT2D eigenvalue weighted by atomic mass is 10.2. The van der Waals surface area contributed by atoms with Crippen molar-refractivity contribution >= 4 is 51.0 Å². The van der Waals surface area contributed by atoms with Crippen molar-refractivity contribution in [2.24, 2.45) is 0 Å². The second-order valence-corrected chi connectivity index (χ2v) is 9.21.